The standard InChI is InChI=1S/C15H19N3O2/c1-10(2)7-12(9-19)18-15(20)11-3-4-13-14(8-11)17-6-5-16-13/h3-6,8,10,12,19H,7,9H2,1-2H3,(H,18,20). The van der Waals surface area contributed by atoms with Crippen LogP contribution in [0.3, 0.4) is 0 Å². The molecule has 0 fully saturated rings. The lowest BCUT2D eigenvalue weighted by Crippen LogP contribution is -2.38. The highest BCUT2D eigenvalue weighted by atomic mass is 16.3. The van der Waals surface area contributed by atoms with Crippen LogP contribution in [0.1, 0.15) is 30.6 Å². The molecule has 1 heterocycles. The molecule has 106 valence electrons. The van der Waals surface area contributed by atoms with Crippen molar-refractivity contribution >= 4 is 16.9 Å². The molecule has 1 amide bonds. The van der Waals surface area contributed by atoms with E-state index in [1.807, 2.05) is 0 Å². The molecule has 0 aliphatic heterocycles. The maximum absolute atomic E-state index is 12.2. The van der Waals surface area contributed by atoms with Gasteiger partial charge in [-0.3, -0.25) is 14.8 Å². The Bertz CT molecular complexity index is 598. The quantitative estimate of drug-likeness (QED) is 0.870. The molecule has 0 saturated carbocycles. The number of aromatic nitrogens is 2. The molecule has 0 aliphatic carbocycles. The van der Waals surface area contributed by atoms with Crippen molar-refractivity contribution in [3.05, 3.63) is 36.2 Å². The van der Waals surface area contributed by atoms with E-state index in [0.717, 1.165) is 11.9 Å². The van der Waals surface area contributed by atoms with Crippen LogP contribution in [0.4, 0.5) is 0 Å². The largest absolute Gasteiger partial charge is 0.394 e. The fraction of sp³-hybridized carbons (Fsp3) is 0.400. The minimum atomic E-state index is -0.222. The lowest BCUT2D eigenvalue weighted by Gasteiger charge is -2.18. The maximum atomic E-state index is 12.2. The van der Waals surface area contributed by atoms with Gasteiger partial charge >= 0.3 is 0 Å². The van der Waals surface area contributed by atoms with Gasteiger partial charge in [-0.1, -0.05) is 13.8 Å². The molecule has 1 atom stereocenters. The summed E-state index contributed by atoms with van der Waals surface area (Å²) in [5.74, 6) is 0.215. The van der Waals surface area contributed by atoms with Gasteiger partial charge in [0.25, 0.3) is 5.91 Å². The van der Waals surface area contributed by atoms with Crippen LogP contribution in [0.25, 0.3) is 11.0 Å². The van der Waals surface area contributed by atoms with Crippen LogP contribution >= 0.6 is 0 Å². The number of nitrogens with zero attached hydrogens (tertiary/aromatic N) is 2. The van der Waals surface area contributed by atoms with E-state index in [0.29, 0.717) is 17.0 Å². The lowest BCUT2D eigenvalue weighted by atomic mass is 10.0. The number of aliphatic hydroxyl groups excluding tert-OH is 1. The molecule has 0 radical (unpaired) electrons. The van der Waals surface area contributed by atoms with Gasteiger partial charge in [-0.05, 0) is 30.5 Å². The second kappa shape index (κ2) is 6.43. The number of benzene rings is 1. The fourth-order valence-corrected chi connectivity index (χ4v) is 2.12. The average molecular weight is 273 g/mol. The summed E-state index contributed by atoms with van der Waals surface area (Å²) in [5, 5.41) is 12.1. The smallest absolute Gasteiger partial charge is 0.251 e. The summed E-state index contributed by atoms with van der Waals surface area (Å²) in [7, 11) is 0. The van der Waals surface area contributed by atoms with Crippen molar-refractivity contribution < 1.29 is 9.90 Å². The zero-order valence-electron chi connectivity index (χ0n) is 11.7. The Labute approximate surface area is 118 Å². The number of rotatable bonds is 5. The molecule has 5 nitrogen and oxygen atoms in total. The van der Waals surface area contributed by atoms with Gasteiger partial charge < -0.3 is 10.4 Å². The van der Waals surface area contributed by atoms with E-state index in [1.54, 1.807) is 30.6 Å². The van der Waals surface area contributed by atoms with Gasteiger partial charge in [0, 0.05) is 18.0 Å². The van der Waals surface area contributed by atoms with E-state index in [2.05, 4.69) is 29.1 Å². The summed E-state index contributed by atoms with van der Waals surface area (Å²) in [6.07, 6.45) is 3.96. The number of carbonyl (C=O) groups excluding carboxylic acids is 1. The molecule has 20 heavy (non-hydrogen) atoms. The van der Waals surface area contributed by atoms with Gasteiger partial charge in [-0.2, -0.15) is 0 Å². The van der Waals surface area contributed by atoms with E-state index < -0.39 is 0 Å². The van der Waals surface area contributed by atoms with Crippen LogP contribution < -0.4 is 5.32 Å². The zero-order chi connectivity index (χ0) is 14.5. The number of aliphatic hydroxyl groups is 1. The van der Waals surface area contributed by atoms with Crippen molar-refractivity contribution in [1.82, 2.24) is 15.3 Å². The highest BCUT2D eigenvalue weighted by Gasteiger charge is 2.14. The SMILES string of the molecule is CC(C)CC(CO)NC(=O)c1ccc2nccnc2c1. The number of nitrogens with one attached hydrogen (secondary N) is 1. The van der Waals surface area contributed by atoms with Crippen molar-refractivity contribution in [2.45, 2.75) is 26.3 Å². The molecular weight excluding hydrogens is 254 g/mol. The molecular formula is C15H19N3O2. The van der Waals surface area contributed by atoms with Gasteiger partial charge in [-0.25, -0.2) is 0 Å². The highest BCUT2D eigenvalue weighted by Crippen LogP contribution is 2.12. The topological polar surface area (TPSA) is 75.1 Å². The van der Waals surface area contributed by atoms with Crippen LogP contribution in [-0.2, 0) is 0 Å². The zero-order valence-corrected chi connectivity index (χ0v) is 11.7. The van der Waals surface area contributed by atoms with Crippen molar-refractivity contribution in [2.75, 3.05) is 6.61 Å². The lowest BCUT2D eigenvalue weighted by molar-refractivity contribution is 0.0908. The van der Waals surface area contributed by atoms with Crippen molar-refractivity contribution in [3.63, 3.8) is 0 Å². The van der Waals surface area contributed by atoms with Crippen molar-refractivity contribution in [2.24, 2.45) is 5.92 Å². The van der Waals surface area contributed by atoms with Crippen LogP contribution in [0.5, 0.6) is 0 Å². The minimum Gasteiger partial charge on any atom is -0.394 e. The first-order chi connectivity index (χ1) is 9.60. The van der Waals surface area contributed by atoms with Crippen LogP contribution in [0.2, 0.25) is 0 Å². The molecule has 1 aromatic heterocycles. The summed E-state index contributed by atoms with van der Waals surface area (Å²) in [6.45, 7) is 4.05. The van der Waals surface area contributed by atoms with Crippen LogP contribution in [0.15, 0.2) is 30.6 Å². The number of fused-ring (bicyclic) bond motifs is 1. The first-order valence-corrected chi connectivity index (χ1v) is 6.72. The molecule has 5 heteroatoms. The summed E-state index contributed by atoms with van der Waals surface area (Å²) >= 11 is 0. The first kappa shape index (κ1) is 14.4. The molecule has 0 spiro atoms. The third-order valence-corrected chi connectivity index (χ3v) is 3.04. The molecule has 1 unspecified atom stereocenters. The molecule has 0 saturated heterocycles. The van der Waals surface area contributed by atoms with Crippen LogP contribution in [0, 0.1) is 5.92 Å². The summed E-state index contributed by atoms with van der Waals surface area (Å²) in [5.41, 5.74) is 1.97. The number of carbonyl (C=O) groups is 1. The van der Waals surface area contributed by atoms with Gasteiger partial charge in [0.15, 0.2) is 0 Å². The predicted molar refractivity (Wildman–Crippen MR) is 77.3 cm³/mol. The average Bonchev–Trinajstić information content (AvgIpc) is 2.45. The summed E-state index contributed by atoms with van der Waals surface area (Å²) in [4.78, 5) is 20.5. The Morgan fingerprint density at radius 3 is 2.60 bits per heavy atom. The minimum absolute atomic E-state index is 0.0582. The first-order valence-electron chi connectivity index (χ1n) is 6.72. The Morgan fingerprint density at radius 1 is 1.25 bits per heavy atom. The molecule has 2 rings (SSSR count). The number of hydrogen-bond donors (Lipinski definition) is 2. The predicted octanol–water partition coefficient (Wildman–Crippen LogP) is 1.77. The Morgan fingerprint density at radius 2 is 1.95 bits per heavy atom. The van der Waals surface area contributed by atoms with E-state index in [-0.39, 0.29) is 18.6 Å². The van der Waals surface area contributed by atoms with E-state index in [4.69, 9.17) is 0 Å². The Hall–Kier alpha value is -2.01. The Balaban J connectivity index is 2.14. The third-order valence-electron chi connectivity index (χ3n) is 3.04. The number of hydrogen-bond acceptors (Lipinski definition) is 4. The highest BCUT2D eigenvalue weighted by molar-refractivity contribution is 5.97. The molecule has 0 aliphatic rings. The van der Waals surface area contributed by atoms with Gasteiger partial charge in [0.05, 0.1) is 23.7 Å². The van der Waals surface area contributed by atoms with Crippen LogP contribution in [-0.4, -0.2) is 33.6 Å². The molecule has 2 aromatic rings. The van der Waals surface area contributed by atoms with E-state index in [1.165, 1.54) is 0 Å². The van der Waals surface area contributed by atoms with Gasteiger partial charge in [-0.15, -0.1) is 0 Å². The van der Waals surface area contributed by atoms with Gasteiger partial charge in [0.1, 0.15) is 0 Å². The molecule has 0 bridgehead atoms. The second-order valence-electron chi connectivity index (χ2n) is 5.24. The van der Waals surface area contributed by atoms with Crippen molar-refractivity contribution in [3.8, 4) is 0 Å². The normalized spacial score (nSPS) is 12.6. The Kier molecular flexibility index (Phi) is 4.63. The fourth-order valence-electron chi connectivity index (χ4n) is 2.12. The number of amides is 1. The van der Waals surface area contributed by atoms with E-state index >= 15 is 0 Å². The molecule has 2 N–H and O–H groups in total. The summed E-state index contributed by atoms with van der Waals surface area (Å²) < 4.78 is 0. The van der Waals surface area contributed by atoms with E-state index in [9.17, 15) is 9.90 Å². The summed E-state index contributed by atoms with van der Waals surface area (Å²) in [6, 6.07) is 4.98. The monoisotopic (exact) mass is 273 g/mol. The van der Waals surface area contributed by atoms with Crippen molar-refractivity contribution in [1.29, 1.82) is 0 Å². The second-order valence-corrected chi connectivity index (χ2v) is 5.24. The maximum Gasteiger partial charge on any atom is 0.251 e. The van der Waals surface area contributed by atoms with Gasteiger partial charge in [0.2, 0.25) is 0 Å². The molecule has 1 aromatic carbocycles. The third kappa shape index (κ3) is 3.51.